The molecule has 0 saturated carbocycles. The summed E-state index contributed by atoms with van der Waals surface area (Å²) < 4.78 is 0. The molecule has 0 rings (SSSR count). The zero-order valence-electron chi connectivity index (χ0n) is 10.4. The van der Waals surface area contributed by atoms with E-state index in [0.717, 1.165) is 18.4 Å². The first kappa shape index (κ1) is 13.9. The molecule has 0 fully saturated rings. The Balaban J connectivity index is 3.46. The maximum atomic E-state index is 3.17. The molecular formula is C12H28N2. The lowest BCUT2D eigenvalue weighted by atomic mass is 9.91. The van der Waals surface area contributed by atoms with Crippen LogP contribution in [0, 0.1) is 11.8 Å². The minimum absolute atomic E-state index is 0.786. The maximum Gasteiger partial charge on any atom is 0.0125 e. The summed E-state index contributed by atoms with van der Waals surface area (Å²) in [4.78, 5) is 0. The Bertz CT molecular complexity index is 115. The molecule has 0 aromatic carbocycles. The van der Waals surface area contributed by atoms with Crippen molar-refractivity contribution < 1.29 is 0 Å². The summed E-state index contributed by atoms with van der Waals surface area (Å²) in [6, 6.07) is 0. The Morgan fingerprint density at radius 2 is 1.79 bits per heavy atom. The van der Waals surface area contributed by atoms with Crippen LogP contribution in [0.1, 0.15) is 52.9 Å². The van der Waals surface area contributed by atoms with Gasteiger partial charge in [0.05, 0.1) is 0 Å². The van der Waals surface area contributed by atoms with Crippen LogP contribution >= 0.6 is 0 Å². The van der Waals surface area contributed by atoms with E-state index in [1.54, 1.807) is 0 Å². The zero-order valence-corrected chi connectivity index (χ0v) is 10.4. The predicted molar refractivity (Wildman–Crippen MR) is 64.1 cm³/mol. The van der Waals surface area contributed by atoms with Crippen molar-refractivity contribution in [3.8, 4) is 0 Å². The second-order valence-electron chi connectivity index (χ2n) is 4.38. The minimum atomic E-state index is 0.786. The van der Waals surface area contributed by atoms with Crippen LogP contribution in [0.4, 0.5) is 0 Å². The average molecular weight is 200 g/mol. The summed E-state index contributed by atoms with van der Waals surface area (Å²) in [6.07, 6.45) is 6.84. The van der Waals surface area contributed by atoms with Crippen molar-refractivity contribution in [2.24, 2.45) is 11.8 Å². The highest BCUT2D eigenvalue weighted by molar-refractivity contribution is 4.61. The van der Waals surface area contributed by atoms with E-state index in [0.29, 0.717) is 0 Å². The molecule has 0 heterocycles. The second-order valence-corrected chi connectivity index (χ2v) is 4.38. The summed E-state index contributed by atoms with van der Waals surface area (Å²) >= 11 is 0. The van der Waals surface area contributed by atoms with Crippen LogP contribution < -0.4 is 10.9 Å². The van der Waals surface area contributed by atoms with Gasteiger partial charge < -0.3 is 0 Å². The molecular weight excluding hydrogens is 172 g/mol. The number of hydrogen-bond donors (Lipinski definition) is 2. The lowest BCUT2D eigenvalue weighted by molar-refractivity contribution is 0.361. The standard InChI is InChI=1S/C12H28N2/c1-5-7-12(6-2)9-8-11(3)10-14-13-4/h11-14H,5-10H2,1-4H3. The number of hydrazine groups is 1. The SMILES string of the molecule is CCCC(CC)CCC(C)CNNC. The second kappa shape index (κ2) is 9.47. The highest BCUT2D eigenvalue weighted by atomic mass is 15.3. The molecule has 0 aliphatic rings. The Kier molecular flexibility index (Phi) is 9.42. The Labute approximate surface area is 89.8 Å². The highest BCUT2D eigenvalue weighted by Gasteiger charge is 2.08. The number of rotatable bonds is 9. The summed E-state index contributed by atoms with van der Waals surface area (Å²) in [6.45, 7) is 8.01. The fourth-order valence-electron chi connectivity index (χ4n) is 1.86. The monoisotopic (exact) mass is 200 g/mol. The lowest BCUT2D eigenvalue weighted by Crippen LogP contribution is -2.31. The highest BCUT2D eigenvalue weighted by Crippen LogP contribution is 2.19. The van der Waals surface area contributed by atoms with E-state index in [4.69, 9.17) is 0 Å². The van der Waals surface area contributed by atoms with Gasteiger partial charge in [0.2, 0.25) is 0 Å². The van der Waals surface area contributed by atoms with Gasteiger partial charge in [0.25, 0.3) is 0 Å². The van der Waals surface area contributed by atoms with E-state index in [2.05, 4.69) is 31.6 Å². The molecule has 0 spiro atoms. The molecule has 0 aromatic rings. The molecule has 0 aromatic heterocycles. The first-order valence-corrected chi connectivity index (χ1v) is 6.14. The van der Waals surface area contributed by atoms with Gasteiger partial charge in [-0.25, -0.2) is 0 Å². The average Bonchev–Trinajstić information content (AvgIpc) is 2.21. The quantitative estimate of drug-likeness (QED) is 0.559. The normalized spacial score (nSPS) is 15.4. The van der Waals surface area contributed by atoms with Gasteiger partial charge in [-0.2, -0.15) is 0 Å². The van der Waals surface area contributed by atoms with Crippen LogP contribution in [0.3, 0.4) is 0 Å². The Morgan fingerprint density at radius 3 is 2.29 bits per heavy atom. The smallest absolute Gasteiger partial charge is 0.0125 e. The Morgan fingerprint density at radius 1 is 1.07 bits per heavy atom. The molecule has 0 bridgehead atoms. The van der Waals surface area contributed by atoms with Crippen molar-refractivity contribution in [3.05, 3.63) is 0 Å². The molecule has 0 amide bonds. The summed E-state index contributed by atoms with van der Waals surface area (Å²) in [5.74, 6) is 1.74. The van der Waals surface area contributed by atoms with Crippen LogP contribution in [-0.4, -0.2) is 13.6 Å². The molecule has 0 aliphatic carbocycles. The third-order valence-electron chi connectivity index (χ3n) is 2.97. The van der Waals surface area contributed by atoms with Gasteiger partial charge in [-0.1, -0.05) is 46.5 Å². The third kappa shape index (κ3) is 7.34. The first-order valence-electron chi connectivity index (χ1n) is 6.14. The van der Waals surface area contributed by atoms with Crippen molar-refractivity contribution in [2.75, 3.05) is 13.6 Å². The first-order chi connectivity index (χ1) is 6.74. The van der Waals surface area contributed by atoms with Crippen LogP contribution in [0.5, 0.6) is 0 Å². The van der Waals surface area contributed by atoms with Crippen LogP contribution in [0.25, 0.3) is 0 Å². The van der Waals surface area contributed by atoms with E-state index >= 15 is 0 Å². The zero-order chi connectivity index (χ0) is 10.8. The van der Waals surface area contributed by atoms with Gasteiger partial charge in [-0.05, 0) is 25.3 Å². The maximum absolute atomic E-state index is 3.17. The Hall–Kier alpha value is -0.0800. The molecule has 14 heavy (non-hydrogen) atoms. The van der Waals surface area contributed by atoms with Gasteiger partial charge in [0, 0.05) is 6.54 Å². The van der Waals surface area contributed by atoms with Crippen LogP contribution in [0.2, 0.25) is 0 Å². The predicted octanol–water partition coefficient (Wildman–Crippen LogP) is 2.95. The fraction of sp³-hybridized carbons (Fsp3) is 1.00. The molecule has 0 radical (unpaired) electrons. The molecule has 0 saturated heterocycles. The van der Waals surface area contributed by atoms with Crippen molar-refractivity contribution in [1.82, 2.24) is 10.9 Å². The van der Waals surface area contributed by atoms with Gasteiger partial charge in [-0.15, -0.1) is 0 Å². The molecule has 2 atom stereocenters. The summed E-state index contributed by atoms with van der Waals surface area (Å²) in [5.41, 5.74) is 6.15. The van der Waals surface area contributed by atoms with E-state index in [9.17, 15) is 0 Å². The van der Waals surface area contributed by atoms with Gasteiger partial charge >= 0.3 is 0 Å². The van der Waals surface area contributed by atoms with E-state index in [1.807, 2.05) is 7.05 Å². The molecule has 0 aliphatic heterocycles. The van der Waals surface area contributed by atoms with E-state index < -0.39 is 0 Å². The molecule has 2 nitrogen and oxygen atoms in total. The minimum Gasteiger partial charge on any atom is -0.261 e. The molecule has 86 valence electrons. The molecule has 2 unspecified atom stereocenters. The van der Waals surface area contributed by atoms with Crippen molar-refractivity contribution in [1.29, 1.82) is 0 Å². The third-order valence-corrected chi connectivity index (χ3v) is 2.97. The summed E-state index contributed by atoms with van der Waals surface area (Å²) in [7, 11) is 1.93. The van der Waals surface area contributed by atoms with Crippen molar-refractivity contribution in [2.45, 2.75) is 52.9 Å². The molecule has 2 N–H and O–H groups in total. The van der Waals surface area contributed by atoms with Crippen LogP contribution in [0.15, 0.2) is 0 Å². The van der Waals surface area contributed by atoms with Crippen molar-refractivity contribution in [3.63, 3.8) is 0 Å². The molecule has 2 heteroatoms. The lowest BCUT2D eigenvalue weighted by Gasteiger charge is -2.17. The van der Waals surface area contributed by atoms with Gasteiger partial charge in [0.15, 0.2) is 0 Å². The van der Waals surface area contributed by atoms with Crippen LogP contribution in [-0.2, 0) is 0 Å². The summed E-state index contributed by atoms with van der Waals surface area (Å²) in [5, 5.41) is 0. The number of hydrogen-bond acceptors (Lipinski definition) is 2. The van der Waals surface area contributed by atoms with E-state index in [1.165, 1.54) is 32.1 Å². The van der Waals surface area contributed by atoms with Crippen molar-refractivity contribution >= 4 is 0 Å². The number of nitrogens with one attached hydrogen (secondary N) is 2. The largest absolute Gasteiger partial charge is 0.261 e. The van der Waals surface area contributed by atoms with Gasteiger partial charge in [0.1, 0.15) is 0 Å². The topological polar surface area (TPSA) is 24.1 Å². The van der Waals surface area contributed by atoms with Gasteiger partial charge in [-0.3, -0.25) is 10.9 Å². The fourth-order valence-corrected chi connectivity index (χ4v) is 1.86. The van der Waals surface area contributed by atoms with E-state index in [-0.39, 0.29) is 0 Å².